The Labute approximate surface area is 202 Å². The Balaban J connectivity index is 1.88. The zero-order valence-electron chi connectivity index (χ0n) is 17.2. The van der Waals surface area contributed by atoms with Crippen molar-refractivity contribution in [3.8, 4) is 11.5 Å². The number of nitrogens with zero attached hydrogens (tertiary/aromatic N) is 1. The molecule has 168 valence electrons. The summed E-state index contributed by atoms with van der Waals surface area (Å²) in [5, 5.41) is 0.0104. The van der Waals surface area contributed by atoms with Gasteiger partial charge in [0.2, 0.25) is 0 Å². The number of thioether (sulfide) groups is 1. The number of hydrogen-bond acceptors (Lipinski definition) is 7. The van der Waals surface area contributed by atoms with Crippen molar-refractivity contribution in [3.05, 3.63) is 56.4 Å². The molecule has 0 unspecified atom stereocenters. The molecule has 1 aliphatic rings. The van der Waals surface area contributed by atoms with Crippen LogP contribution in [0.3, 0.4) is 0 Å². The van der Waals surface area contributed by atoms with Crippen molar-refractivity contribution in [3.63, 3.8) is 0 Å². The molecule has 10 heteroatoms. The second-order valence-corrected chi connectivity index (χ2v) is 8.64. The maximum atomic E-state index is 12.9. The zero-order valence-corrected chi connectivity index (χ0v) is 20.4. The van der Waals surface area contributed by atoms with Gasteiger partial charge in [-0.1, -0.05) is 17.7 Å². The number of halogens is 2. The highest BCUT2D eigenvalue weighted by Crippen LogP contribution is 2.40. The minimum Gasteiger partial charge on any atom is -0.490 e. The van der Waals surface area contributed by atoms with Crippen molar-refractivity contribution in [2.24, 2.45) is 0 Å². The van der Waals surface area contributed by atoms with E-state index in [2.05, 4.69) is 15.9 Å². The van der Waals surface area contributed by atoms with Gasteiger partial charge >= 0.3 is 5.97 Å². The highest BCUT2D eigenvalue weighted by atomic mass is 79.9. The summed E-state index contributed by atoms with van der Waals surface area (Å²) in [5.74, 6) is -0.227. The molecule has 0 aliphatic carbocycles. The van der Waals surface area contributed by atoms with Crippen molar-refractivity contribution in [1.29, 1.82) is 0 Å². The number of carbonyl (C=O) groups excluding carboxylic acids is 3. The highest BCUT2D eigenvalue weighted by Gasteiger charge is 2.36. The summed E-state index contributed by atoms with van der Waals surface area (Å²) in [5.41, 5.74) is 1.02. The van der Waals surface area contributed by atoms with Crippen molar-refractivity contribution >= 4 is 68.2 Å². The fourth-order valence-corrected chi connectivity index (χ4v) is 4.47. The molecule has 0 N–H and O–H groups in total. The van der Waals surface area contributed by atoms with Gasteiger partial charge in [-0.05, 0) is 83.5 Å². The van der Waals surface area contributed by atoms with Gasteiger partial charge in [0.15, 0.2) is 18.1 Å². The van der Waals surface area contributed by atoms with Crippen LogP contribution < -0.4 is 14.4 Å². The second kappa shape index (κ2) is 10.9. The molecule has 0 bridgehead atoms. The number of ether oxygens (including phenoxy) is 3. The Bertz CT molecular complexity index is 1090. The Morgan fingerprint density at radius 3 is 2.62 bits per heavy atom. The molecule has 0 spiro atoms. The molecule has 7 nitrogen and oxygen atoms in total. The molecule has 1 heterocycles. The third-order valence-electron chi connectivity index (χ3n) is 4.13. The Hall–Kier alpha value is -2.49. The van der Waals surface area contributed by atoms with Gasteiger partial charge < -0.3 is 14.2 Å². The second-order valence-electron chi connectivity index (χ2n) is 6.35. The third-order valence-corrected chi connectivity index (χ3v) is 5.82. The van der Waals surface area contributed by atoms with E-state index < -0.39 is 17.1 Å². The van der Waals surface area contributed by atoms with Crippen LogP contribution in [0.4, 0.5) is 10.5 Å². The van der Waals surface area contributed by atoms with Crippen LogP contribution in [0.5, 0.6) is 11.5 Å². The molecule has 0 radical (unpaired) electrons. The van der Waals surface area contributed by atoms with Crippen LogP contribution in [0.2, 0.25) is 5.02 Å². The molecule has 1 fully saturated rings. The molecule has 0 saturated carbocycles. The van der Waals surface area contributed by atoms with Crippen LogP contribution in [0.1, 0.15) is 19.4 Å². The number of carbonyl (C=O) groups is 3. The van der Waals surface area contributed by atoms with Crippen molar-refractivity contribution in [1.82, 2.24) is 0 Å². The smallest absolute Gasteiger partial charge is 0.344 e. The van der Waals surface area contributed by atoms with Gasteiger partial charge in [-0.2, -0.15) is 0 Å². The van der Waals surface area contributed by atoms with E-state index in [1.54, 1.807) is 49.4 Å². The fourth-order valence-electron chi connectivity index (χ4n) is 2.86. The molecule has 32 heavy (non-hydrogen) atoms. The van der Waals surface area contributed by atoms with E-state index >= 15 is 0 Å². The number of amides is 2. The van der Waals surface area contributed by atoms with Gasteiger partial charge in [-0.3, -0.25) is 9.59 Å². The summed E-state index contributed by atoms with van der Waals surface area (Å²) in [6.07, 6.45) is 1.60. The number of rotatable bonds is 8. The molecular formula is C22H19BrClNO6S. The maximum absolute atomic E-state index is 12.9. The molecule has 2 amide bonds. The summed E-state index contributed by atoms with van der Waals surface area (Å²) >= 11 is 10.2. The van der Waals surface area contributed by atoms with Crippen molar-refractivity contribution in [2.75, 3.05) is 24.7 Å². The van der Waals surface area contributed by atoms with Gasteiger partial charge in [0, 0.05) is 5.02 Å². The Kier molecular flexibility index (Phi) is 8.22. The number of esters is 1. The quantitative estimate of drug-likeness (QED) is 0.314. The number of hydrogen-bond donors (Lipinski definition) is 0. The normalized spacial score (nSPS) is 14.8. The number of anilines is 1. The van der Waals surface area contributed by atoms with Crippen LogP contribution in [-0.2, 0) is 14.3 Å². The summed E-state index contributed by atoms with van der Waals surface area (Å²) in [7, 11) is 0. The molecule has 1 saturated heterocycles. The molecule has 3 rings (SSSR count). The van der Waals surface area contributed by atoms with Crippen LogP contribution in [0.25, 0.3) is 6.08 Å². The van der Waals surface area contributed by atoms with Crippen molar-refractivity contribution in [2.45, 2.75) is 13.8 Å². The van der Waals surface area contributed by atoms with E-state index in [-0.39, 0.29) is 18.1 Å². The van der Waals surface area contributed by atoms with E-state index in [0.29, 0.717) is 38.9 Å². The largest absolute Gasteiger partial charge is 0.490 e. The predicted molar refractivity (Wildman–Crippen MR) is 127 cm³/mol. The molecule has 1 aliphatic heterocycles. The van der Waals surface area contributed by atoms with Gasteiger partial charge in [0.25, 0.3) is 11.1 Å². The van der Waals surface area contributed by atoms with Gasteiger partial charge in [-0.25, -0.2) is 9.69 Å². The average Bonchev–Trinajstić information content (AvgIpc) is 3.00. The summed E-state index contributed by atoms with van der Waals surface area (Å²) in [6.45, 7) is 3.86. The van der Waals surface area contributed by atoms with Crippen LogP contribution >= 0.6 is 39.3 Å². The zero-order chi connectivity index (χ0) is 23.3. The first-order valence-electron chi connectivity index (χ1n) is 9.62. The van der Waals surface area contributed by atoms with Gasteiger partial charge in [0.05, 0.1) is 28.3 Å². The standard InChI is InChI=1S/C22H19BrClNO6S/c1-3-29-17-9-13(8-16(23)20(17)31-12-19(26)30-4-2)10-18-21(27)25(22(28)32-18)15-7-5-6-14(24)11-15/h5-11H,3-4,12H2,1-2H3/b18-10+. The lowest BCUT2D eigenvalue weighted by Crippen LogP contribution is -2.27. The molecule has 0 atom stereocenters. The number of imide groups is 1. The van der Waals surface area contributed by atoms with Crippen LogP contribution in [0, 0.1) is 0 Å². The highest BCUT2D eigenvalue weighted by molar-refractivity contribution is 9.10. The van der Waals surface area contributed by atoms with Crippen LogP contribution in [0.15, 0.2) is 45.8 Å². The van der Waals surface area contributed by atoms with E-state index in [9.17, 15) is 14.4 Å². The van der Waals surface area contributed by atoms with E-state index in [0.717, 1.165) is 16.7 Å². The monoisotopic (exact) mass is 539 g/mol. The van der Waals surface area contributed by atoms with Crippen LogP contribution in [-0.4, -0.2) is 36.9 Å². The van der Waals surface area contributed by atoms with Gasteiger partial charge in [-0.15, -0.1) is 0 Å². The van der Waals surface area contributed by atoms with Crippen molar-refractivity contribution < 1.29 is 28.6 Å². The summed E-state index contributed by atoms with van der Waals surface area (Å²) < 4.78 is 16.6. The lowest BCUT2D eigenvalue weighted by Gasteiger charge is -2.14. The first kappa shape index (κ1) is 24.2. The fraction of sp³-hybridized carbons (Fsp3) is 0.227. The molecular weight excluding hydrogens is 522 g/mol. The van der Waals surface area contributed by atoms with Gasteiger partial charge in [0.1, 0.15) is 0 Å². The SMILES string of the molecule is CCOC(=O)COc1c(Br)cc(/C=C2/SC(=O)N(c3cccc(Cl)c3)C2=O)cc1OCC. The van der Waals surface area contributed by atoms with E-state index in [4.69, 9.17) is 25.8 Å². The van der Waals surface area contributed by atoms with E-state index in [1.807, 2.05) is 6.92 Å². The number of benzene rings is 2. The molecule has 0 aromatic heterocycles. The lowest BCUT2D eigenvalue weighted by molar-refractivity contribution is -0.145. The first-order valence-corrected chi connectivity index (χ1v) is 11.6. The Morgan fingerprint density at radius 1 is 1.16 bits per heavy atom. The maximum Gasteiger partial charge on any atom is 0.344 e. The Morgan fingerprint density at radius 2 is 1.94 bits per heavy atom. The minimum absolute atomic E-state index is 0.254. The topological polar surface area (TPSA) is 82.1 Å². The lowest BCUT2D eigenvalue weighted by atomic mass is 10.1. The summed E-state index contributed by atoms with van der Waals surface area (Å²) in [4.78, 5) is 38.3. The minimum atomic E-state index is -0.499. The molecule has 2 aromatic rings. The molecule has 2 aromatic carbocycles. The average molecular weight is 541 g/mol. The third kappa shape index (κ3) is 5.65. The summed E-state index contributed by atoms with van der Waals surface area (Å²) in [6, 6.07) is 9.91. The van der Waals surface area contributed by atoms with E-state index in [1.165, 1.54) is 0 Å². The predicted octanol–water partition coefficient (Wildman–Crippen LogP) is 5.68. The first-order chi connectivity index (χ1) is 15.3.